The smallest absolute Gasteiger partial charge is 0.403 e. The van der Waals surface area contributed by atoms with Crippen molar-refractivity contribution in [2.75, 3.05) is 5.32 Å². The van der Waals surface area contributed by atoms with Crippen molar-refractivity contribution in [2.24, 2.45) is 0 Å². The van der Waals surface area contributed by atoms with Gasteiger partial charge in [0, 0.05) is 34.8 Å². The van der Waals surface area contributed by atoms with Crippen LogP contribution in [0, 0.1) is 11.6 Å². The van der Waals surface area contributed by atoms with E-state index in [-0.39, 0.29) is 28.7 Å². The number of alkyl halides is 6. The van der Waals surface area contributed by atoms with Gasteiger partial charge in [0.15, 0.2) is 5.75 Å². The first-order chi connectivity index (χ1) is 17.3. The topological polar surface area (TPSA) is 63.2 Å². The molecule has 5 nitrogen and oxygen atoms in total. The summed E-state index contributed by atoms with van der Waals surface area (Å²) in [5.41, 5.74) is -2.23. The van der Waals surface area contributed by atoms with E-state index in [0.29, 0.717) is 31.7 Å². The number of benzene rings is 2. The molecule has 1 aliphatic rings. The van der Waals surface area contributed by atoms with Crippen LogP contribution < -0.4 is 15.4 Å². The van der Waals surface area contributed by atoms with Crippen LogP contribution in [0.4, 0.5) is 40.8 Å². The van der Waals surface area contributed by atoms with Crippen LogP contribution in [0.3, 0.4) is 0 Å². The molecule has 1 saturated carbocycles. The van der Waals surface area contributed by atoms with Crippen molar-refractivity contribution >= 4 is 22.5 Å². The van der Waals surface area contributed by atoms with Crippen LogP contribution in [-0.4, -0.2) is 29.3 Å². The summed E-state index contributed by atoms with van der Waals surface area (Å²) in [5.74, 6) is -3.32. The van der Waals surface area contributed by atoms with Gasteiger partial charge in [0.05, 0.1) is 0 Å². The average Bonchev–Trinajstić information content (AvgIpc) is 2.78. The molecule has 1 aliphatic carbocycles. The second kappa shape index (κ2) is 10.0. The molecule has 0 saturated heterocycles. The van der Waals surface area contributed by atoms with E-state index in [1.807, 2.05) is 0 Å². The Bertz CT molecular complexity index is 1280. The number of hydrogen-bond donors (Lipinski definition) is 2. The lowest BCUT2D eigenvalue weighted by Crippen LogP contribution is -2.40. The molecule has 0 radical (unpaired) electrons. The third-order valence-electron chi connectivity index (χ3n) is 5.87. The summed E-state index contributed by atoms with van der Waals surface area (Å²) < 4.78 is 109. The SMILES string of the molecule is O=C(N[C@H]1CC[C@@H](Nc2cc(C(F)(F)F)nc3c(OC(F)(F)F)cccc23)CC1)c1cc(F)cc(F)c1. The van der Waals surface area contributed by atoms with Gasteiger partial charge in [0.25, 0.3) is 5.91 Å². The second-order valence-corrected chi connectivity index (χ2v) is 8.58. The Morgan fingerprint density at radius 2 is 1.51 bits per heavy atom. The summed E-state index contributed by atoms with van der Waals surface area (Å²) in [6.07, 6.45) is -8.46. The summed E-state index contributed by atoms with van der Waals surface area (Å²) in [6.45, 7) is 0. The fraction of sp³-hybridized carbons (Fsp3) is 0.333. The fourth-order valence-corrected chi connectivity index (χ4v) is 4.25. The third-order valence-corrected chi connectivity index (χ3v) is 5.87. The van der Waals surface area contributed by atoms with E-state index in [1.54, 1.807) is 0 Å². The van der Waals surface area contributed by atoms with Crippen molar-refractivity contribution in [3.05, 3.63) is 65.4 Å². The summed E-state index contributed by atoms with van der Waals surface area (Å²) in [5, 5.41) is 5.65. The lowest BCUT2D eigenvalue weighted by atomic mass is 9.90. The van der Waals surface area contributed by atoms with Crippen molar-refractivity contribution < 1.29 is 44.7 Å². The summed E-state index contributed by atoms with van der Waals surface area (Å²) in [6, 6.07) is 5.88. The van der Waals surface area contributed by atoms with Crippen LogP contribution in [0.5, 0.6) is 5.75 Å². The maximum Gasteiger partial charge on any atom is 0.573 e. The Labute approximate surface area is 204 Å². The molecular weight excluding hydrogens is 514 g/mol. The van der Waals surface area contributed by atoms with Crippen LogP contribution in [0.25, 0.3) is 10.9 Å². The van der Waals surface area contributed by atoms with Gasteiger partial charge >= 0.3 is 12.5 Å². The molecular formula is C24H19F8N3O2. The van der Waals surface area contributed by atoms with Crippen LogP contribution in [0.15, 0.2) is 42.5 Å². The zero-order valence-corrected chi connectivity index (χ0v) is 18.8. The largest absolute Gasteiger partial charge is 0.573 e. The summed E-state index contributed by atoms with van der Waals surface area (Å²) >= 11 is 0. The second-order valence-electron chi connectivity index (χ2n) is 8.58. The molecule has 1 aromatic heterocycles. The molecule has 198 valence electrons. The minimum Gasteiger partial charge on any atom is -0.403 e. The van der Waals surface area contributed by atoms with E-state index in [9.17, 15) is 39.9 Å². The maximum atomic E-state index is 13.5. The average molecular weight is 533 g/mol. The van der Waals surface area contributed by atoms with Crippen LogP contribution in [-0.2, 0) is 6.18 Å². The molecule has 2 aromatic carbocycles. The van der Waals surface area contributed by atoms with Gasteiger partial charge in [-0.25, -0.2) is 13.8 Å². The first-order valence-electron chi connectivity index (χ1n) is 11.1. The normalized spacial score (nSPS) is 18.5. The number of nitrogens with one attached hydrogen (secondary N) is 2. The predicted octanol–water partition coefficient (Wildman–Crippen LogP) is 6.58. The number of carbonyl (C=O) groups excluding carboxylic acids is 1. The number of nitrogens with zero attached hydrogens (tertiary/aromatic N) is 1. The molecule has 1 fully saturated rings. The van der Waals surface area contributed by atoms with Gasteiger partial charge in [-0.2, -0.15) is 13.2 Å². The summed E-state index contributed by atoms with van der Waals surface area (Å²) in [4.78, 5) is 15.7. The Hall–Kier alpha value is -3.64. The minimum absolute atomic E-state index is 0.0123. The maximum absolute atomic E-state index is 13.5. The van der Waals surface area contributed by atoms with Gasteiger partial charge in [-0.1, -0.05) is 12.1 Å². The monoisotopic (exact) mass is 533 g/mol. The highest BCUT2D eigenvalue weighted by Crippen LogP contribution is 2.38. The number of rotatable bonds is 5. The molecule has 0 bridgehead atoms. The predicted molar refractivity (Wildman–Crippen MR) is 117 cm³/mol. The molecule has 0 atom stereocenters. The molecule has 1 heterocycles. The number of para-hydroxylation sites is 1. The standard InChI is InChI=1S/C24H19F8N3O2/c25-13-8-12(9-14(26)10-13)22(36)34-16-6-4-15(5-7-16)33-18-11-20(23(27,28)29)35-21-17(18)2-1-3-19(21)37-24(30,31)32/h1-3,8-11,15-16H,4-7H2,(H,33,35)(H,34,36)/t15-,16+. The molecule has 3 aromatic rings. The van der Waals surface area contributed by atoms with Gasteiger partial charge in [-0.15, -0.1) is 13.2 Å². The number of pyridine rings is 1. The molecule has 13 heteroatoms. The Morgan fingerprint density at radius 3 is 2.11 bits per heavy atom. The van der Waals surface area contributed by atoms with Crippen molar-refractivity contribution in [1.82, 2.24) is 10.3 Å². The molecule has 0 unspecified atom stereocenters. The molecule has 1 amide bonds. The fourth-order valence-electron chi connectivity index (χ4n) is 4.25. The molecule has 4 rings (SSSR count). The number of carbonyl (C=O) groups is 1. The Balaban J connectivity index is 1.50. The van der Waals surface area contributed by atoms with E-state index in [1.165, 1.54) is 12.1 Å². The van der Waals surface area contributed by atoms with E-state index < -0.39 is 47.0 Å². The number of ether oxygens (including phenoxy) is 1. The van der Waals surface area contributed by atoms with Crippen molar-refractivity contribution in [1.29, 1.82) is 0 Å². The van der Waals surface area contributed by atoms with Gasteiger partial charge in [0.2, 0.25) is 0 Å². The number of fused-ring (bicyclic) bond motifs is 1. The highest BCUT2D eigenvalue weighted by Gasteiger charge is 2.36. The molecule has 37 heavy (non-hydrogen) atoms. The first-order valence-corrected chi connectivity index (χ1v) is 11.1. The highest BCUT2D eigenvalue weighted by molar-refractivity contribution is 5.95. The molecule has 0 aliphatic heterocycles. The summed E-state index contributed by atoms with van der Waals surface area (Å²) in [7, 11) is 0. The van der Waals surface area contributed by atoms with E-state index in [4.69, 9.17) is 0 Å². The van der Waals surface area contributed by atoms with Crippen molar-refractivity contribution in [3.63, 3.8) is 0 Å². The minimum atomic E-state index is -5.13. The quantitative estimate of drug-likeness (QED) is 0.364. The number of anilines is 1. The first kappa shape index (κ1) is 26.4. The Kier molecular flexibility index (Phi) is 7.16. The number of hydrogen-bond acceptors (Lipinski definition) is 4. The van der Waals surface area contributed by atoms with Gasteiger partial charge in [-0.3, -0.25) is 4.79 Å². The van der Waals surface area contributed by atoms with E-state index in [0.717, 1.165) is 24.3 Å². The number of halogens is 8. The van der Waals surface area contributed by atoms with Gasteiger partial charge in [-0.05, 0) is 49.9 Å². The van der Waals surface area contributed by atoms with Crippen molar-refractivity contribution in [3.8, 4) is 5.75 Å². The molecule has 0 spiro atoms. The van der Waals surface area contributed by atoms with Crippen LogP contribution >= 0.6 is 0 Å². The van der Waals surface area contributed by atoms with E-state index in [2.05, 4.69) is 20.4 Å². The van der Waals surface area contributed by atoms with Crippen molar-refractivity contribution in [2.45, 2.75) is 50.3 Å². The Morgan fingerprint density at radius 1 is 0.892 bits per heavy atom. The lowest BCUT2D eigenvalue weighted by Gasteiger charge is -2.31. The zero-order valence-electron chi connectivity index (χ0n) is 18.8. The third kappa shape index (κ3) is 6.57. The number of amides is 1. The lowest BCUT2D eigenvalue weighted by molar-refractivity contribution is -0.274. The van der Waals surface area contributed by atoms with Gasteiger partial charge in [0.1, 0.15) is 22.8 Å². The zero-order chi connectivity index (χ0) is 27.0. The van der Waals surface area contributed by atoms with Crippen LogP contribution in [0.2, 0.25) is 0 Å². The molecule has 2 N–H and O–H groups in total. The number of aromatic nitrogens is 1. The highest BCUT2D eigenvalue weighted by atomic mass is 19.4. The van der Waals surface area contributed by atoms with E-state index >= 15 is 0 Å². The van der Waals surface area contributed by atoms with Gasteiger partial charge < -0.3 is 15.4 Å². The van der Waals surface area contributed by atoms with Crippen LogP contribution in [0.1, 0.15) is 41.7 Å².